The van der Waals surface area contributed by atoms with Gasteiger partial charge in [-0.15, -0.1) is 6.58 Å². The second kappa shape index (κ2) is 5.08. The molecule has 0 unspecified atom stereocenters. The summed E-state index contributed by atoms with van der Waals surface area (Å²) in [5, 5.41) is 2.75. The molecule has 1 aliphatic carbocycles. The van der Waals surface area contributed by atoms with Crippen molar-refractivity contribution in [1.29, 1.82) is 0 Å². The fourth-order valence-corrected chi connectivity index (χ4v) is 4.26. The highest BCUT2D eigenvalue weighted by atomic mass is 16.7. The number of benzene rings is 1. The maximum absolute atomic E-state index is 12.7. The Bertz CT molecular complexity index is 818. The largest absolute Gasteiger partial charge is 0.465 e. The zero-order chi connectivity index (χ0) is 17.8. The Labute approximate surface area is 143 Å². The molecule has 1 aromatic carbocycles. The molecule has 3 aliphatic rings. The normalized spacial score (nSPS) is 31.8. The smallest absolute Gasteiger partial charge is 0.323 e. The summed E-state index contributed by atoms with van der Waals surface area (Å²) >= 11 is 0. The first-order valence-electron chi connectivity index (χ1n) is 8.08. The minimum absolute atomic E-state index is 0.102. The van der Waals surface area contributed by atoms with Gasteiger partial charge in [0.05, 0.1) is 12.1 Å². The highest BCUT2D eigenvalue weighted by Gasteiger charge is 2.79. The van der Waals surface area contributed by atoms with Crippen LogP contribution in [0, 0.1) is 11.3 Å². The summed E-state index contributed by atoms with van der Waals surface area (Å²) in [6, 6.07) is 5.14. The standard InChI is InChI=1S/C18H17NO6/c1-3-10-8-17(16(22)23-4-2)14(20)15(21)19-18(10,17)11-5-6-12-13(7-11)25-9-24-12/h3,5-7,10H,1,4,8-9H2,2H3,(H,19,21)/t10-,17+,18-/m0/s1. The second-order valence-electron chi connectivity index (χ2n) is 6.33. The molecule has 7 heteroatoms. The first-order chi connectivity index (χ1) is 12.0. The van der Waals surface area contributed by atoms with Gasteiger partial charge in [-0.05, 0) is 31.0 Å². The van der Waals surface area contributed by atoms with Crippen LogP contribution in [0.4, 0.5) is 0 Å². The number of hydrogen-bond acceptors (Lipinski definition) is 6. The van der Waals surface area contributed by atoms with E-state index in [2.05, 4.69) is 11.9 Å². The van der Waals surface area contributed by atoms with Crippen molar-refractivity contribution in [3.63, 3.8) is 0 Å². The van der Waals surface area contributed by atoms with Gasteiger partial charge in [-0.2, -0.15) is 0 Å². The van der Waals surface area contributed by atoms with E-state index in [4.69, 9.17) is 14.2 Å². The van der Waals surface area contributed by atoms with Gasteiger partial charge in [-0.25, -0.2) is 0 Å². The molecule has 130 valence electrons. The molecule has 0 radical (unpaired) electrons. The van der Waals surface area contributed by atoms with Crippen molar-refractivity contribution < 1.29 is 28.6 Å². The molecule has 2 aliphatic heterocycles. The highest BCUT2D eigenvalue weighted by Crippen LogP contribution is 2.64. The van der Waals surface area contributed by atoms with Gasteiger partial charge in [0.15, 0.2) is 16.9 Å². The fourth-order valence-electron chi connectivity index (χ4n) is 4.26. The number of amides is 1. The molecule has 7 nitrogen and oxygen atoms in total. The molecule has 1 aromatic rings. The van der Waals surface area contributed by atoms with E-state index in [9.17, 15) is 14.4 Å². The summed E-state index contributed by atoms with van der Waals surface area (Å²) in [7, 11) is 0. The van der Waals surface area contributed by atoms with Crippen molar-refractivity contribution in [3.8, 4) is 11.5 Å². The van der Waals surface area contributed by atoms with E-state index in [1.54, 1.807) is 31.2 Å². The van der Waals surface area contributed by atoms with Gasteiger partial charge < -0.3 is 19.5 Å². The SMILES string of the molecule is C=C[C@H]1C[C@]2(C(=O)OCC)C(=O)C(=O)N[C@]12c1ccc2c(c1)OCO2. The minimum atomic E-state index is -1.58. The average molecular weight is 343 g/mol. The van der Waals surface area contributed by atoms with Gasteiger partial charge in [0, 0.05) is 5.92 Å². The predicted molar refractivity (Wildman–Crippen MR) is 84.8 cm³/mol. The van der Waals surface area contributed by atoms with Crippen molar-refractivity contribution in [2.24, 2.45) is 11.3 Å². The van der Waals surface area contributed by atoms with Crippen LogP contribution in [0.15, 0.2) is 30.9 Å². The molecule has 1 saturated carbocycles. The van der Waals surface area contributed by atoms with E-state index >= 15 is 0 Å². The molecule has 4 rings (SSSR count). The fraction of sp³-hybridized carbons (Fsp3) is 0.389. The third-order valence-electron chi connectivity index (χ3n) is 5.40. The molecule has 2 fully saturated rings. The number of carbonyl (C=O) groups excluding carboxylic acids is 3. The quantitative estimate of drug-likeness (QED) is 0.381. The molecular weight excluding hydrogens is 326 g/mol. The van der Waals surface area contributed by atoms with E-state index in [1.165, 1.54) is 0 Å². The monoisotopic (exact) mass is 343 g/mol. The summed E-state index contributed by atoms with van der Waals surface area (Å²) in [5.74, 6) is -1.43. The predicted octanol–water partition coefficient (Wildman–Crippen LogP) is 1.06. The van der Waals surface area contributed by atoms with E-state index in [0.717, 1.165) is 0 Å². The zero-order valence-electron chi connectivity index (χ0n) is 13.7. The summed E-state index contributed by atoms with van der Waals surface area (Å²) < 4.78 is 15.9. The molecule has 3 atom stereocenters. The van der Waals surface area contributed by atoms with Crippen LogP contribution in [0.25, 0.3) is 0 Å². The Morgan fingerprint density at radius 3 is 2.88 bits per heavy atom. The van der Waals surface area contributed by atoms with Crippen LogP contribution in [-0.4, -0.2) is 31.1 Å². The van der Waals surface area contributed by atoms with Crippen molar-refractivity contribution in [3.05, 3.63) is 36.4 Å². The lowest BCUT2D eigenvalue weighted by Crippen LogP contribution is -2.68. The number of Topliss-reactive ketones (excluding diaryl/α,β-unsaturated/α-hetero) is 1. The third kappa shape index (κ3) is 1.67. The van der Waals surface area contributed by atoms with Gasteiger partial charge in [0.25, 0.3) is 5.91 Å². The molecule has 0 aromatic heterocycles. The van der Waals surface area contributed by atoms with Crippen molar-refractivity contribution in [2.45, 2.75) is 18.9 Å². The van der Waals surface area contributed by atoms with Crippen LogP contribution >= 0.6 is 0 Å². The van der Waals surface area contributed by atoms with Crippen LogP contribution in [0.3, 0.4) is 0 Å². The maximum atomic E-state index is 12.7. The first kappa shape index (κ1) is 15.7. The number of nitrogens with one attached hydrogen (secondary N) is 1. The van der Waals surface area contributed by atoms with Crippen molar-refractivity contribution in [1.82, 2.24) is 5.32 Å². The Morgan fingerprint density at radius 2 is 2.16 bits per heavy atom. The van der Waals surface area contributed by atoms with Crippen LogP contribution in [0.2, 0.25) is 0 Å². The summed E-state index contributed by atoms with van der Waals surface area (Å²) in [6.45, 7) is 5.69. The van der Waals surface area contributed by atoms with Crippen molar-refractivity contribution >= 4 is 17.7 Å². The Hall–Kier alpha value is -2.83. The highest BCUT2D eigenvalue weighted by molar-refractivity contribution is 6.45. The summed E-state index contributed by atoms with van der Waals surface area (Å²) in [6.07, 6.45) is 1.84. The second-order valence-corrected chi connectivity index (χ2v) is 6.33. The van der Waals surface area contributed by atoms with Crippen LogP contribution in [0.5, 0.6) is 11.5 Å². The number of ketones is 1. The van der Waals surface area contributed by atoms with Gasteiger partial charge in [0.1, 0.15) is 0 Å². The lowest BCUT2D eigenvalue weighted by Gasteiger charge is -2.56. The Morgan fingerprint density at radius 1 is 1.40 bits per heavy atom. The van der Waals surface area contributed by atoms with E-state index in [-0.39, 0.29) is 25.7 Å². The van der Waals surface area contributed by atoms with E-state index in [0.29, 0.717) is 17.1 Å². The lowest BCUT2D eigenvalue weighted by atomic mass is 9.46. The molecular formula is C18H17NO6. The third-order valence-corrected chi connectivity index (χ3v) is 5.40. The molecule has 1 saturated heterocycles. The van der Waals surface area contributed by atoms with Crippen LogP contribution in [0.1, 0.15) is 18.9 Å². The Balaban J connectivity index is 1.91. The summed E-state index contributed by atoms with van der Waals surface area (Å²) in [5.41, 5.74) is -2.19. The van der Waals surface area contributed by atoms with Crippen LogP contribution < -0.4 is 14.8 Å². The zero-order valence-corrected chi connectivity index (χ0v) is 13.7. The molecule has 2 heterocycles. The van der Waals surface area contributed by atoms with E-state index < -0.39 is 28.6 Å². The van der Waals surface area contributed by atoms with Crippen molar-refractivity contribution in [2.75, 3.05) is 13.4 Å². The van der Waals surface area contributed by atoms with E-state index in [1.807, 2.05) is 0 Å². The minimum Gasteiger partial charge on any atom is -0.465 e. The molecule has 1 N–H and O–H groups in total. The molecule has 1 amide bonds. The Kier molecular flexibility index (Phi) is 3.19. The first-order valence-corrected chi connectivity index (χ1v) is 8.08. The van der Waals surface area contributed by atoms with Gasteiger partial charge in [0.2, 0.25) is 12.6 Å². The number of rotatable bonds is 4. The number of fused-ring (bicyclic) bond motifs is 2. The molecule has 0 bridgehead atoms. The number of esters is 1. The number of ether oxygens (including phenoxy) is 3. The average Bonchev–Trinajstić information content (AvgIpc) is 3.12. The van der Waals surface area contributed by atoms with Crippen LogP contribution in [-0.2, 0) is 24.7 Å². The lowest BCUT2D eigenvalue weighted by molar-refractivity contribution is -0.177. The van der Waals surface area contributed by atoms with Gasteiger partial charge >= 0.3 is 5.97 Å². The topological polar surface area (TPSA) is 90.9 Å². The molecule has 0 spiro atoms. The molecule has 25 heavy (non-hydrogen) atoms. The maximum Gasteiger partial charge on any atom is 0.323 e. The van der Waals surface area contributed by atoms with Gasteiger partial charge in [-0.1, -0.05) is 12.1 Å². The summed E-state index contributed by atoms with van der Waals surface area (Å²) in [4.78, 5) is 37.7. The number of carbonyl (C=O) groups is 3. The van der Waals surface area contributed by atoms with Gasteiger partial charge in [-0.3, -0.25) is 14.4 Å². The number of hydrogen-bond donors (Lipinski definition) is 1.